The van der Waals surface area contributed by atoms with Crippen LogP contribution in [0.3, 0.4) is 0 Å². The van der Waals surface area contributed by atoms with E-state index in [9.17, 15) is 4.79 Å². The third-order valence-electron chi connectivity index (χ3n) is 4.20. The minimum atomic E-state index is -0.492. The van der Waals surface area contributed by atoms with Gasteiger partial charge in [-0.3, -0.25) is 0 Å². The molecule has 0 bridgehead atoms. The summed E-state index contributed by atoms with van der Waals surface area (Å²) in [5, 5.41) is 0. The summed E-state index contributed by atoms with van der Waals surface area (Å²) in [6, 6.07) is 23.0. The lowest BCUT2D eigenvalue weighted by Gasteiger charge is -2.12. The number of carbonyl (C=O) groups excluding carboxylic acids is 1. The Bertz CT molecular complexity index is 1110. The largest absolute Gasteiger partial charge is 0.487 e. The zero-order chi connectivity index (χ0) is 20.2. The van der Waals surface area contributed by atoms with Gasteiger partial charge in [-0.05, 0) is 51.8 Å². The molecule has 29 heavy (non-hydrogen) atoms. The molecule has 4 nitrogen and oxygen atoms in total. The van der Waals surface area contributed by atoms with Crippen LogP contribution in [0.5, 0.6) is 5.75 Å². The Morgan fingerprint density at radius 2 is 1.66 bits per heavy atom. The Kier molecular flexibility index (Phi) is 5.92. The lowest BCUT2D eigenvalue weighted by molar-refractivity contribution is -0.129. The Labute approximate surface area is 185 Å². The number of rotatable bonds is 5. The van der Waals surface area contributed by atoms with Crippen molar-refractivity contribution in [3.8, 4) is 5.75 Å². The van der Waals surface area contributed by atoms with Crippen LogP contribution in [0.15, 0.2) is 92.4 Å². The van der Waals surface area contributed by atoms with Gasteiger partial charge in [0, 0.05) is 15.6 Å². The van der Waals surface area contributed by atoms with Gasteiger partial charge in [0.05, 0.1) is 4.47 Å². The maximum absolute atomic E-state index is 12.4. The van der Waals surface area contributed by atoms with Crippen LogP contribution < -0.4 is 4.74 Å². The van der Waals surface area contributed by atoms with Crippen LogP contribution in [0.1, 0.15) is 16.7 Å². The van der Waals surface area contributed by atoms with Crippen LogP contribution in [-0.2, 0) is 16.1 Å². The van der Waals surface area contributed by atoms with Crippen molar-refractivity contribution in [2.45, 2.75) is 6.61 Å². The molecule has 3 aromatic carbocycles. The quantitative estimate of drug-likeness (QED) is 0.305. The summed E-state index contributed by atoms with van der Waals surface area (Å²) in [6.07, 6.45) is 1.67. The predicted octanol–water partition coefficient (Wildman–Crippen LogP) is 6.14. The molecule has 1 aliphatic rings. The fourth-order valence-corrected chi connectivity index (χ4v) is 4.20. The molecule has 0 amide bonds. The molecule has 0 spiro atoms. The molecule has 3 aromatic rings. The Morgan fingerprint density at radius 3 is 2.38 bits per heavy atom. The number of halogens is 2. The van der Waals surface area contributed by atoms with E-state index in [2.05, 4.69) is 36.9 Å². The van der Waals surface area contributed by atoms with E-state index in [0.29, 0.717) is 23.8 Å². The molecule has 0 fully saturated rings. The van der Waals surface area contributed by atoms with Gasteiger partial charge >= 0.3 is 5.97 Å². The molecule has 1 heterocycles. The second kappa shape index (κ2) is 8.76. The molecule has 0 aromatic heterocycles. The Balaban J connectivity index is 1.67. The van der Waals surface area contributed by atoms with Gasteiger partial charge in [0.1, 0.15) is 12.4 Å². The molecule has 0 saturated carbocycles. The zero-order valence-corrected chi connectivity index (χ0v) is 18.3. The lowest BCUT2D eigenvalue weighted by atomic mass is 10.1. The van der Waals surface area contributed by atoms with Crippen molar-refractivity contribution < 1.29 is 14.3 Å². The van der Waals surface area contributed by atoms with Gasteiger partial charge in [0.2, 0.25) is 5.90 Å². The van der Waals surface area contributed by atoms with E-state index in [1.807, 2.05) is 72.8 Å². The average Bonchev–Trinajstić information content (AvgIpc) is 3.09. The van der Waals surface area contributed by atoms with Crippen LogP contribution in [0.2, 0.25) is 0 Å². The van der Waals surface area contributed by atoms with E-state index in [0.717, 1.165) is 20.1 Å². The van der Waals surface area contributed by atoms with Crippen molar-refractivity contribution in [1.82, 2.24) is 0 Å². The highest BCUT2D eigenvalue weighted by Gasteiger charge is 2.24. The van der Waals surface area contributed by atoms with Crippen LogP contribution >= 0.6 is 31.9 Å². The van der Waals surface area contributed by atoms with Crippen molar-refractivity contribution >= 4 is 49.8 Å². The number of carbonyl (C=O) groups is 1. The van der Waals surface area contributed by atoms with Crippen molar-refractivity contribution in [2.24, 2.45) is 4.99 Å². The fourth-order valence-electron chi connectivity index (χ4n) is 2.83. The number of benzene rings is 3. The van der Waals surface area contributed by atoms with E-state index in [1.54, 1.807) is 6.08 Å². The van der Waals surface area contributed by atoms with Crippen LogP contribution in [-0.4, -0.2) is 11.9 Å². The molecule has 0 N–H and O–H groups in total. The first-order valence-electron chi connectivity index (χ1n) is 8.84. The lowest BCUT2D eigenvalue weighted by Crippen LogP contribution is -2.05. The summed E-state index contributed by atoms with van der Waals surface area (Å²) in [7, 11) is 0. The summed E-state index contributed by atoms with van der Waals surface area (Å²) < 4.78 is 13.0. The second-order valence-corrected chi connectivity index (χ2v) is 8.05. The highest BCUT2D eigenvalue weighted by atomic mass is 79.9. The van der Waals surface area contributed by atoms with E-state index in [-0.39, 0.29) is 5.70 Å². The third kappa shape index (κ3) is 4.66. The average molecular weight is 513 g/mol. The minimum absolute atomic E-state index is 0.221. The highest BCUT2D eigenvalue weighted by molar-refractivity contribution is 9.11. The minimum Gasteiger partial charge on any atom is -0.487 e. The zero-order valence-electron chi connectivity index (χ0n) is 15.1. The molecule has 0 aliphatic carbocycles. The summed E-state index contributed by atoms with van der Waals surface area (Å²) in [5.41, 5.74) is 2.73. The van der Waals surface area contributed by atoms with Gasteiger partial charge in [-0.2, -0.15) is 0 Å². The van der Waals surface area contributed by atoms with E-state index in [4.69, 9.17) is 9.47 Å². The smallest absolute Gasteiger partial charge is 0.363 e. The summed E-state index contributed by atoms with van der Waals surface area (Å²) >= 11 is 7.04. The number of hydrogen-bond donors (Lipinski definition) is 0. The number of hydrogen-bond acceptors (Lipinski definition) is 4. The van der Waals surface area contributed by atoms with Crippen molar-refractivity contribution in [1.29, 1.82) is 0 Å². The molecular formula is C23H15Br2NO3. The molecule has 4 rings (SSSR count). The third-order valence-corrected chi connectivity index (χ3v) is 5.24. The molecule has 0 atom stereocenters. The molecule has 6 heteroatoms. The van der Waals surface area contributed by atoms with Crippen LogP contribution in [0.4, 0.5) is 0 Å². The van der Waals surface area contributed by atoms with Crippen molar-refractivity contribution in [3.63, 3.8) is 0 Å². The van der Waals surface area contributed by atoms with Gasteiger partial charge in [-0.1, -0.05) is 64.5 Å². The van der Waals surface area contributed by atoms with E-state index in [1.165, 1.54) is 0 Å². The van der Waals surface area contributed by atoms with Gasteiger partial charge in [-0.15, -0.1) is 0 Å². The summed E-state index contributed by atoms with van der Waals surface area (Å²) in [6.45, 7) is 0.403. The number of aliphatic imine (C=N–C) groups is 1. The maximum Gasteiger partial charge on any atom is 0.363 e. The van der Waals surface area contributed by atoms with Crippen molar-refractivity contribution in [2.75, 3.05) is 0 Å². The van der Waals surface area contributed by atoms with Gasteiger partial charge in [0.25, 0.3) is 0 Å². The molecule has 0 unspecified atom stereocenters. The SMILES string of the molecule is O=C1OC(c2ccccc2)=N/C1=C/c1cc(Br)cc(Br)c1OCc1ccccc1. The second-order valence-electron chi connectivity index (χ2n) is 6.28. The molecule has 144 valence electrons. The van der Waals surface area contributed by atoms with E-state index >= 15 is 0 Å². The number of cyclic esters (lactones) is 1. The molecular weight excluding hydrogens is 498 g/mol. The maximum atomic E-state index is 12.4. The summed E-state index contributed by atoms with van der Waals surface area (Å²) in [4.78, 5) is 16.7. The van der Waals surface area contributed by atoms with Crippen molar-refractivity contribution in [3.05, 3.63) is 104 Å². The highest BCUT2D eigenvalue weighted by Crippen LogP contribution is 2.35. The van der Waals surface area contributed by atoms with E-state index < -0.39 is 5.97 Å². The van der Waals surface area contributed by atoms with Gasteiger partial charge in [0.15, 0.2) is 5.70 Å². The first kappa shape index (κ1) is 19.6. The Morgan fingerprint density at radius 1 is 0.966 bits per heavy atom. The fraction of sp³-hybridized carbons (Fsp3) is 0.0435. The topological polar surface area (TPSA) is 47.9 Å². The Hall–Kier alpha value is -2.70. The van der Waals surface area contributed by atoms with Crippen LogP contribution in [0.25, 0.3) is 6.08 Å². The standard InChI is InChI=1S/C23H15Br2NO3/c24-18-11-17(21(19(25)13-18)28-14-15-7-3-1-4-8-15)12-20-23(27)29-22(26-20)16-9-5-2-6-10-16/h1-13H,14H2/b20-12+. The molecule has 0 radical (unpaired) electrons. The normalized spacial score (nSPS) is 14.6. The first-order valence-corrected chi connectivity index (χ1v) is 10.4. The van der Waals surface area contributed by atoms with Gasteiger partial charge < -0.3 is 9.47 Å². The number of ether oxygens (including phenoxy) is 2. The predicted molar refractivity (Wildman–Crippen MR) is 120 cm³/mol. The summed E-state index contributed by atoms with van der Waals surface area (Å²) in [5.74, 6) is 0.428. The van der Waals surface area contributed by atoms with Gasteiger partial charge in [-0.25, -0.2) is 9.79 Å². The van der Waals surface area contributed by atoms with Crippen LogP contribution in [0, 0.1) is 0 Å². The molecule has 0 saturated heterocycles. The molecule has 1 aliphatic heterocycles. The number of nitrogens with zero attached hydrogens (tertiary/aromatic N) is 1. The monoisotopic (exact) mass is 511 g/mol. The number of esters is 1. The first-order chi connectivity index (χ1) is 14.1.